The Morgan fingerprint density at radius 3 is 2.23 bits per heavy atom. The number of nitrogens with one attached hydrogen (secondary N) is 3. The highest BCUT2D eigenvalue weighted by Crippen LogP contribution is 2.13. The number of amides is 3. The summed E-state index contributed by atoms with van der Waals surface area (Å²) in [5.41, 5.74) is 5.23. The number of hydrogen-bond acceptors (Lipinski definition) is 3. The number of hydrazine groups is 1. The van der Waals surface area contributed by atoms with E-state index in [-0.39, 0.29) is 0 Å². The van der Waals surface area contributed by atoms with E-state index in [0.29, 0.717) is 16.3 Å². The summed E-state index contributed by atoms with van der Waals surface area (Å²) in [4.78, 5) is 23.3. The zero-order valence-corrected chi connectivity index (χ0v) is 12.2. The van der Waals surface area contributed by atoms with Crippen molar-refractivity contribution in [3.63, 3.8) is 0 Å². The SMILES string of the molecule is O=C(NNC(=O)C(O)c1ccccc1)Nc1ccc(Cl)cc1. The van der Waals surface area contributed by atoms with Crippen LogP contribution in [0.5, 0.6) is 0 Å². The van der Waals surface area contributed by atoms with Crippen molar-refractivity contribution in [1.29, 1.82) is 0 Å². The van der Waals surface area contributed by atoms with Crippen LogP contribution in [0.2, 0.25) is 5.02 Å². The van der Waals surface area contributed by atoms with Crippen molar-refractivity contribution in [3.05, 3.63) is 65.2 Å². The molecule has 0 heterocycles. The minimum Gasteiger partial charge on any atom is -0.378 e. The molecule has 0 saturated heterocycles. The Morgan fingerprint density at radius 1 is 0.955 bits per heavy atom. The third-order valence-corrected chi connectivity index (χ3v) is 3.02. The van der Waals surface area contributed by atoms with Crippen LogP contribution in [0.3, 0.4) is 0 Å². The fourth-order valence-corrected chi connectivity index (χ4v) is 1.79. The molecule has 2 aromatic carbocycles. The molecule has 0 aliphatic carbocycles. The normalized spacial score (nSPS) is 11.4. The van der Waals surface area contributed by atoms with Gasteiger partial charge >= 0.3 is 6.03 Å². The van der Waals surface area contributed by atoms with Gasteiger partial charge in [0.25, 0.3) is 5.91 Å². The molecule has 0 saturated carbocycles. The van der Waals surface area contributed by atoms with Crippen molar-refractivity contribution in [2.75, 3.05) is 5.32 Å². The largest absolute Gasteiger partial charge is 0.378 e. The van der Waals surface area contributed by atoms with Crippen molar-refractivity contribution >= 4 is 29.2 Å². The van der Waals surface area contributed by atoms with Gasteiger partial charge in [-0.3, -0.25) is 10.2 Å². The van der Waals surface area contributed by atoms with E-state index in [2.05, 4.69) is 16.2 Å². The molecule has 0 spiro atoms. The van der Waals surface area contributed by atoms with Gasteiger partial charge in [0, 0.05) is 10.7 Å². The molecule has 0 bridgehead atoms. The first-order valence-electron chi connectivity index (χ1n) is 6.41. The van der Waals surface area contributed by atoms with Crippen LogP contribution >= 0.6 is 11.6 Å². The molecule has 0 aliphatic rings. The van der Waals surface area contributed by atoms with E-state index >= 15 is 0 Å². The summed E-state index contributed by atoms with van der Waals surface area (Å²) in [5.74, 6) is -0.738. The maximum atomic E-state index is 11.7. The van der Waals surface area contributed by atoms with Crippen LogP contribution in [0.1, 0.15) is 11.7 Å². The highest BCUT2D eigenvalue weighted by Gasteiger charge is 2.17. The summed E-state index contributed by atoms with van der Waals surface area (Å²) >= 11 is 5.73. The summed E-state index contributed by atoms with van der Waals surface area (Å²) in [5, 5.41) is 12.9. The lowest BCUT2D eigenvalue weighted by Gasteiger charge is -2.13. The van der Waals surface area contributed by atoms with Crippen LogP contribution in [-0.2, 0) is 4.79 Å². The van der Waals surface area contributed by atoms with E-state index in [1.165, 1.54) is 0 Å². The van der Waals surface area contributed by atoms with E-state index in [9.17, 15) is 14.7 Å². The number of urea groups is 1. The molecule has 4 N–H and O–H groups in total. The van der Waals surface area contributed by atoms with Crippen molar-refractivity contribution in [1.82, 2.24) is 10.9 Å². The van der Waals surface area contributed by atoms with Gasteiger partial charge in [0.2, 0.25) is 0 Å². The number of aliphatic hydroxyl groups is 1. The average molecular weight is 320 g/mol. The molecule has 0 fully saturated rings. The minimum absolute atomic E-state index is 0.430. The molecule has 1 unspecified atom stereocenters. The zero-order valence-electron chi connectivity index (χ0n) is 11.4. The standard InChI is InChI=1S/C15H14ClN3O3/c16-11-6-8-12(9-7-11)17-15(22)19-18-14(21)13(20)10-4-2-1-3-5-10/h1-9,13,20H,(H,18,21)(H2,17,19,22). The van der Waals surface area contributed by atoms with Crippen LogP contribution in [0, 0.1) is 0 Å². The fraction of sp³-hybridized carbons (Fsp3) is 0.0667. The number of carbonyl (C=O) groups is 2. The molecular weight excluding hydrogens is 306 g/mol. The fourth-order valence-electron chi connectivity index (χ4n) is 1.67. The molecule has 6 nitrogen and oxygen atoms in total. The summed E-state index contributed by atoms with van der Waals surface area (Å²) in [6, 6.07) is 14.2. The van der Waals surface area contributed by atoms with E-state index in [1.807, 2.05) is 0 Å². The van der Waals surface area contributed by atoms with E-state index in [0.717, 1.165) is 0 Å². The lowest BCUT2D eigenvalue weighted by molar-refractivity contribution is -0.130. The minimum atomic E-state index is -1.36. The Bertz CT molecular complexity index is 647. The van der Waals surface area contributed by atoms with Crippen LogP contribution < -0.4 is 16.2 Å². The van der Waals surface area contributed by atoms with Crippen molar-refractivity contribution < 1.29 is 14.7 Å². The second-order valence-corrected chi connectivity index (χ2v) is 4.82. The van der Waals surface area contributed by atoms with Crippen LogP contribution in [-0.4, -0.2) is 17.0 Å². The Labute approximate surface area is 132 Å². The quantitative estimate of drug-likeness (QED) is 0.654. The van der Waals surface area contributed by atoms with Crippen LogP contribution in [0.25, 0.3) is 0 Å². The summed E-state index contributed by atoms with van der Waals surface area (Å²) < 4.78 is 0. The molecule has 114 valence electrons. The number of anilines is 1. The molecule has 0 aromatic heterocycles. The molecule has 2 aromatic rings. The third kappa shape index (κ3) is 4.47. The number of benzene rings is 2. The first kappa shape index (κ1) is 15.8. The molecule has 0 radical (unpaired) electrons. The lowest BCUT2D eigenvalue weighted by Crippen LogP contribution is -2.45. The predicted octanol–water partition coefficient (Wildman–Crippen LogP) is 2.23. The lowest BCUT2D eigenvalue weighted by atomic mass is 10.1. The molecule has 0 aliphatic heterocycles. The maximum Gasteiger partial charge on any atom is 0.337 e. The average Bonchev–Trinajstić information content (AvgIpc) is 2.55. The van der Waals surface area contributed by atoms with Crippen molar-refractivity contribution in [3.8, 4) is 0 Å². The molecular formula is C15H14ClN3O3. The van der Waals surface area contributed by atoms with Crippen molar-refractivity contribution in [2.45, 2.75) is 6.10 Å². The first-order chi connectivity index (χ1) is 10.6. The van der Waals surface area contributed by atoms with Gasteiger partial charge in [-0.2, -0.15) is 0 Å². The molecule has 3 amide bonds. The Morgan fingerprint density at radius 2 is 1.59 bits per heavy atom. The third-order valence-electron chi connectivity index (χ3n) is 2.76. The topological polar surface area (TPSA) is 90.5 Å². The maximum absolute atomic E-state index is 11.7. The number of hydrogen-bond donors (Lipinski definition) is 4. The van der Waals surface area contributed by atoms with Crippen LogP contribution in [0.4, 0.5) is 10.5 Å². The second kappa shape index (κ2) is 7.44. The van der Waals surface area contributed by atoms with Gasteiger partial charge in [0.05, 0.1) is 0 Å². The Hall–Kier alpha value is -2.57. The van der Waals surface area contributed by atoms with E-state index in [4.69, 9.17) is 11.6 Å². The van der Waals surface area contributed by atoms with Gasteiger partial charge in [0.1, 0.15) is 0 Å². The first-order valence-corrected chi connectivity index (χ1v) is 6.79. The Balaban J connectivity index is 1.83. The van der Waals surface area contributed by atoms with E-state index in [1.54, 1.807) is 54.6 Å². The van der Waals surface area contributed by atoms with Gasteiger partial charge in [-0.05, 0) is 29.8 Å². The number of carbonyl (C=O) groups excluding carboxylic acids is 2. The molecule has 2 rings (SSSR count). The monoisotopic (exact) mass is 319 g/mol. The molecule has 22 heavy (non-hydrogen) atoms. The van der Waals surface area contributed by atoms with E-state index < -0.39 is 18.0 Å². The van der Waals surface area contributed by atoms with Gasteiger partial charge in [0.15, 0.2) is 6.10 Å². The zero-order chi connectivity index (χ0) is 15.9. The van der Waals surface area contributed by atoms with Crippen LogP contribution in [0.15, 0.2) is 54.6 Å². The smallest absolute Gasteiger partial charge is 0.337 e. The summed E-state index contributed by atoms with van der Waals surface area (Å²) in [6.07, 6.45) is -1.36. The second-order valence-electron chi connectivity index (χ2n) is 4.39. The molecule has 7 heteroatoms. The van der Waals surface area contributed by atoms with Gasteiger partial charge in [-0.15, -0.1) is 0 Å². The van der Waals surface area contributed by atoms with Gasteiger partial charge in [-0.1, -0.05) is 41.9 Å². The number of aliphatic hydroxyl groups excluding tert-OH is 1. The van der Waals surface area contributed by atoms with Gasteiger partial charge < -0.3 is 10.4 Å². The highest BCUT2D eigenvalue weighted by molar-refractivity contribution is 6.30. The highest BCUT2D eigenvalue weighted by atomic mass is 35.5. The summed E-state index contributed by atoms with van der Waals surface area (Å²) in [7, 11) is 0. The van der Waals surface area contributed by atoms with Crippen molar-refractivity contribution in [2.24, 2.45) is 0 Å². The van der Waals surface area contributed by atoms with Gasteiger partial charge in [-0.25, -0.2) is 10.2 Å². The molecule has 1 atom stereocenters. The number of rotatable bonds is 3. The number of halogens is 1. The predicted molar refractivity (Wildman–Crippen MR) is 83.2 cm³/mol. The Kier molecular flexibility index (Phi) is 5.35. The summed E-state index contributed by atoms with van der Waals surface area (Å²) in [6.45, 7) is 0.